The van der Waals surface area contributed by atoms with E-state index in [4.69, 9.17) is 14.2 Å². The van der Waals surface area contributed by atoms with E-state index in [0.29, 0.717) is 25.7 Å². The number of carbonyl (C=O) groups is 1. The van der Waals surface area contributed by atoms with E-state index >= 15 is 0 Å². The largest absolute Gasteiger partial charge is 0.464 e. The van der Waals surface area contributed by atoms with Gasteiger partial charge in [-0.2, -0.15) is 0 Å². The van der Waals surface area contributed by atoms with Crippen molar-refractivity contribution in [1.82, 2.24) is 4.90 Å². The van der Waals surface area contributed by atoms with Crippen LogP contribution in [0.2, 0.25) is 0 Å². The molecule has 18 heavy (non-hydrogen) atoms. The van der Waals surface area contributed by atoms with Crippen molar-refractivity contribution in [3.05, 3.63) is 0 Å². The third-order valence-electron chi connectivity index (χ3n) is 2.31. The second-order valence-corrected chi connectivity index (χ2v) is 4.54. The Hall–Kier alpha value is -0.650. The molecule has 0 aliphatic rings. The van der Waals surface area contributed by atoms with Crippen molar-refractivity contribution in [2.24, 2.45) is 5.92 Å². The first kappa shape index (κ1) is 17.4. The predicted octanol–water partition coefficient (Wildman–Crippen LogP) is 1.17. The number of nitrogens with zero attached hydrogens (tertiary/aromatic N) is 1. The molecule has 0 unspecified atom stereocenters. The van der Waals surface area contributed by atoms with Crippen LogP contribution in [0.5, 0.6) is 0 Å². The lowest BCUT2D eigenvalue weighted by atomic mass is 10.2. The van der Waals surface area contributed by atoms with Gasteiger partial charge in [0.25, 0.3) is 0 Å². The van der Waals surface area contributed by atoms with Crippen molar-refractivity contribution in [3.63, 3.8) is 0 Å². The van der Waals surface area contributed by atoms with E-state index in [0.717, 1.165) is 19.6 Å². The monoisotopic (exact) mass is 261 g/mol. The van der Waals surface area contributed by atoms with Gasteiger partial charge in [0, 0.05) is 26.7 Å². The van der Waals surface area contributed by atoms with Crippen LogP contribution in [-0.2, 0) is 19.0 Å². The molecule has 0 radical (unpaired) electrons. The predicted molar refractivity (Wildman–Crippen MR) is 70.6 cm³/mol. The first-order chi connectivity index (χ1) is 8.60. The van der Waals surface area contributed by atoms with Gasteiger partial charge in [-0.05, 0) is 12.8 Å². The Labute approximate surface area is 110 Å². The normalized spacial score (nSPS) is 11.2. The highest BCUT2D eigenvalue weighted by Crippen LogP contribution is 1.98. The number of hydrogen-bond donors (Lipinski definition) is 0. The molecule has 0 atom stereocenters. The van der Waals surface area contributed by atoms with Crippen molar-refractivity contribution in [3.8, 4) is 0 Å². The van der Waals surface area contributed by atoms with Crippen molar-refractivity contribution in [2.45, 2.75) is 20.8 Å². The Morgan fingerprint density at radius 1 is 1.22 bits per heavy atom. The van der Waals surface area contributed by atoms with E-state index < -0.39 is 0 Å². The molecule has 0 aliphatic heterocycles. The molecule has 0 rings (SSSR count). The zero-order chi connectivity index (χ0) is 13.8. The average Bonchev–Trinajstić information content (AvgIpc) is 2.31. The molecular formula is C13H27NO4. The topological polar surface area (TPSA) is 48.0 Å². The molecular weight excluding hydrogens is 234 g/mol. The summed E-state index contributed by atoms with van der Waals surface area (Å²) in [5.41, 5.74) is 0. The minimum Gasteiger partial charge on any atom is -0.464 e. The lowest BCUT2D eigenvalue weighted by Gasteiger charge is -2.23. The van der Waals surface area contributed by atoms with Crippen LogP contribution in [0.1, 0.15) is 20.8 Å². The minimum absolute atomic E-state index is 0.0354. The van der Waals surface area contributed by atoms with Gasteiger partial charge in [0.2, 0.25) is 0 Å². The number of esters is 1. The summed E-state index contributed by atoms with van der Waals surface area (Å²) in [6.07, 6.45) is 0. The lowest BCUT2D eigenvalue weighted by molar-refractivity contribution is -0.148. The molecule has 0 aromatic rings. The second-order valence-electron chi connectivity index (χ2n) is 4.54. The number of rotatable bonds is 11. The first-order valence-electron chi connectivity index (χ1n) is 6.54. The van der Waals surface area contributed by atoms with Crippen molar-refractivity contribution < 1.29 is 19.0 Å². The van der Waals surface area contributed by atoms with Crippen LogP contribution in [0.3, 0.4) is 0 Å². The summed E-state index contributed by atoms with van der Waals surface area (Å²) in [6.45, 7) is 10.5. The van der Waals surface area contributed by atoms with E-state index in [-0.39, 0.29) is 12.6 Å². The molecule has 0 bridgehead atoms. The Kier molecular flexibility index (Phi) is 11.0. The maximum absolute atomic E-state index is 11.1. The number of hydrogen-bond acceptors (Lipinski definition) is 5. The van der Waals surface area contributed by atoms with E-state index in [1.165, 1.54) is 0 Å². The maximum Gasteiger partial charge on any atom is 0.332 e. The Balaban J connectivity index is 3.70. The van der Waals surface area contributed by atoms with Crippen LogP contribution >= 0.6 is 0 Å². The number of methoxy groups -OCH3 is 1. The number of ether oxygens (including phenoxy) is 3. The minimum atomic E-state index is -0.301. The van der Waals surface area contributed by atoms with Gasteiger partial charge in [-0.1, -0.05) is 13.8 Å². The summed E-state index contributed by atoms with van der Waals surface area (Å²) in [6, 6.07) is 0. The summed E-state index contributed by atoms with van der Waals surface area (Å²) >= 11 is 0. The van der Waals surface area contributed by atoms with Gasteiger partial charge < -0.3 is 14.2 Å². The van der Waals surface area contributed by atoms with Crippen LogP contribution in [0.15, 0.2) is 0 Å². The SMILES string of the molecule is CCOC(=O)COCCN(CCOC)CC(C)C. The van der Waals surface area contributed by atoms with Gasteiger partial charge in [-0.15, -0.1) is 0 Å². The highest BCUT2D eigenvalue weighted by Gasteiger charge is 2.08. The van der Waals surface area contributed by atoms with Gasteiger partial charge in [0.15, 0.2) is 0 Å². The molecule has 0 aromatic heterocycles. The third-order valence-corrected chi connectivity index (χ3v) is 2.31. The van der Waals surface area contributed by atoms with Crippen LogP contribution in [0.4, 0.5) is 0 Å². The molecule has 0 spiro atoms. The highest BCUT2D eigenvalue weighted by molar-refractivity contribution is 5.70. The van der Waals surface area contributed by atoms with Gasteiger partial charge in [0.1, 0.15) is 6.61 Å². The zero-order valence-electron chi connectivity index (χ0n) is 12.1. The van der Waals surface area contributed by atoms with Crippen LogP contribution in [0.25, 0.3) is 0 Å². The Bertz CT molecular complexity index is 209. The molecule has 0 aliphatic carbocycles. The van der Waals surface area contributed by atoms with Gasteiger partial charge in [-0.3, -0.25) is 4.90 Å². The lowest BCUT2D eigenvalue weighted by Crippen LogP contribution is -2.34. The zero-order valence-corrected chi connectivity index (χ0v) is 12.1. The Morgan fingerprint density at radius 2 is 1.89 bits per heavy atom. The summed E-state index contributed by atoms with van der Waals surface area (Å²) < 4.78 is 15.1. The molecule has 0 aromatic carbocycles. The fourth-order valence-electron chi connectivity index (χ4n) is 1.58. The summed E-state index contributed by atoms with van der Waals surface area (Å²) in [7, 11) is 1.70. The third kappa shape index (κ3) is 10.5. The fourth-order valence-corrected chi connectivity index (χ4v) is 1.58. The maximum atomic E-state index is 11.1. The summed E-state index contributed by atoms with van der Waals surface area (Å²) in [4.78, 5) is 13.3. The van der Waals surface area contributed by atoms with Gasteiger partial charge >= 0.3 is 5.97 Å². The molecule has 0 amide bonds. The van der Waals surface area contributed by atoms with Gasteiger partial charge in [-0.25, -0.2) is 4.79 Å². The quantitative estimate of drug-likeness (QED) is 0.413. The van der Waals surface area contributed by atoms with Crippen molar-refractivity contribution in [2.75, 3.05) is 53.2 Å². The molecule has 0 saturated carbocycles. The van der Waals surface area contributed by atoms with E-state index in [9.17, 15) is 4.79 Å². The molecule has 0 heterocycles. The standard InChI is InChI=1S/C13H27NO4/c1-5-18-13(15)11-17-9-7-14(6-8-16-4)10-12(2)3/h12H,5-11H2,1-4H3. The number of carbonyl (C=O) groups excluding carboxylic acids is 1. The fraction of sp³-hybridized carbons (Fsp3) is 0.923. The molecule has 0 fully saturated rings. The average molecular weight is 261 g/mol. The molecule has 0 N–H and O–H groups in total. The van der Waals surface area contributed by atoms with Gasteiger partial charge in [0.05, 0.1) is 19.8 Å². The second kappa shape index (κ2) is 11.4. The van der Waals surface area contributed by atoms with Crippen LogP contribution < -0.4 is 0 Å². The summed E-state index contributed by atoms with van der Waals surface area (Å²) in [5.74, 6) is 0.303. The Morgan fingerprint density at radius 3 is 2.44 bits per heavy atom. The molecule has 5 heteroatoms. The van der Waals surface area contributed by atoms with Crippen LogP contribution in [-0.4, -0.2) is 64.0 Å². The van der Waals surface area contributed by atoms with Crippen molar-refractivity contribution in [1.29, 1.82) is 0 Å². The van der Waals surface area contributed by atoms with E-state index in [1.54, 1.807) is 14.0 Å². The first-order valence-corrected chi connectivity index (χ1v) is 6.54. The van der Waals surface area contributed by atoms with E-state index in [1.807, 2.05) is 0 Å². The van der Waals surface area contributed by atoms with Crippen LogP contribution in [0, 0.1) is 5.92 Å². The van der Waals surface area contributed by atoms with E-state index in [2.05, 4.69) is 18.7 Å². The molecule has 5 nitrogen and oxygen atoms in total. The molecule has 0 saturated heterocycles. The summed E-state index contributed by atoms with van der Waals surface area (Å²) in [5, 5.41) is 0. The highest BCUT2D eigenvalue weighted by atomic mass is 16.6. The smallest absolute Gasteiger partial charge is 0.332 e. The van der Waals surface area contributed by atoms with Crippen molar-refractivity contribution >= 4 is 5.97 Å². The molecule has 108 valence electrons.